The third-order valence-corrected chi connectivity index (χ3v) is 4.89. The fraction of sp³-hybridized carbons (Fsp3) is 0.333. The van der Waals surface area contributed by atoms with Crippen molar-refractivity contribution in [3.8, 4) is 0 Å². The van der Waals surface area contributed by atoms with Gasteiger partial charge in [-0.2, -0.15) is 11.3 Å². The van der Waals surface area contributed by atoms with Gasteiger partial charge in [0.1, 0.15) is 0 Å². The predicted molar refractivity (Wildman–Crippen MR) is 96.6 cm³/mol. The second kappa shape index (κ2) is 8.08. The number of benzene rings is 1. The summed E-state index contributed by atoms with van der Waals surface area (Å²) < 4.78 is 0. The van der Waals surface area contributed by atoms with Crippen LogP contribution >= 0.6 is 11.3 Å². The molecular weight excluding hydrogens is 322 g/mol. The van der Waals surface area contributed by atoms with Crippen molar-refractivity contribution in [2.75, 3.05) is 25.0 Å². The third kappa shape index (κ3) is 4.21. The van der Waals surface area contributed by atoms with Gasteiger partial charge in [0.25, 0.3) is 11.8 Å². The first-order valence-electron chi connectivity index (χ1n) is 8.15. The van der Waals surface area contributed by atoms with E-state index in [-0.39, 0.29) is 11.8 Å². The van der Waals surface area contributed by atoms with Crippen LogP contribution in [0.5, 0.6) is 0 Å². The average Bonchev–Trinajstić information content (AvgIpc) is 3.29. The Balaban J connectivity index is 1.60. The third-order valence-electron chi connectivity index (χ3n) is 4.20. The Kier molecular flexibility index (Phi) is 5.61. The number of hydrogen-bond acceptors (Lipinski definition) is 4. The Morgan fingerprint density at radius 2 is 2.08 bits per heavy atom. The molecule has 5 nitrogen and oxygen atoms in total. The van der Waals surface area contributed by atoms with E-state index in [1.54, 1.807) is 29.6 Å². The van der Waals surface area contributed by atoms with Crippen LogP contribution in [0.2, 0.25) is 0 Å². The van der Waals surface area contributed by atoms with Gasteiger partial charge in [0.2, 0.25) is 0 Å². The topological polar surface area (TPSA) is 70.2 Å². The highest BCUT2D eigenvalue weighted by molar-refractivity contribution is 7.08. The molecule has 6 heteroatoms. The van der Waals surface area contributed by atoms with Crippen LogP contribution in [0.15, 0.2) is 41.1 Å². The van der Waals surface area contributed by atoms with E-state index in [1.807, 2.05) is 11.4 Å². The summed E-state index contributed by atoms with van der Waals surface area (Å²) in [6.45, 7) is 2.75. The lowest BCUT2D eigenvalue weighted by atomic mass is 10.1. The van der Waals surface area contributed by atoms with E-state index < -0.39 is 0 Å². The monoisotopic (exact) mass is 343 g/mol. The Morgan fingerprint density at radius 3 is 2.83 bits per heavy atom. The highest BCUT2D eigenvalue weighted by atomic mass is 32.1. The zero-order chi connectivity index (χ0) is 16.8. The average molecular weight is 343 g/mol. The zero-order valence-corrected chi connectivity index (χ0v) is 14.2. The summed E-state index contributed by atoms with van der Waals surface area (Å²) in [6.07, 6.45) is 2.14. The smallest absolute Gasteiger partial charge is 0.256 e. The van der Waals surface area contributed by atoms with E-state index in [4.69, 9.17) is 0 Å². The number of thiophene rings is 1. The lowest BCUT2D eigenvalue weighted by Gasteiger charge is -2.12. The molecule has 1 aliphatic rings. The Hall–Kier alpha value is -2.18. The van der Waals surface area contributed by atoms with Crippen LogP contribution in [-0.2, 0) is 0 Å². The van der Waals surface area contributed by atoms with Crippen LogP contribution in [0, 0.1) is 5.92 Å². The molecule has 0 saturated carbocycles. The van der Waals surface area contributed by atoms with Crippen LogP contribution in [-0.4, -0.2) is 31.4 Å². The SMILES string of the molecule is O=C(Nc1ccccc1C(=O)NCCC1CCNC1)c1ccsc1. The molecular formula is C18H21N3O2S. The minimum atomic E-state index is -0.200. The van der Waals surface area contributed by atoms with Crippen molar-refractivity contribution in [2.45, 2.75) is 12.8 Å². The molecule has 1 aliphatic heterocycles. The minimum Gasteiger partial charge on any atom is -0.352 e. The van der Waals surface area contributed by atoms with Gasteiger partial charge in [-0.25, -0.2) is 0 Å². The molecule has 0 spiro atoms. The van der Waals surface area contributed by atoms with Gasteiger partial charge in [-0.15, -0.1) is 0 Å². The van der Waals surface area contributed by atoms with Crippen molar-refractivity contribution in [3.63, 3.8) is 0 Å². The number of anilines is 1. The van der Waals surface area contributed by atoms with Crippen molar-refractivity contribution in [2.24, 2.45) is 5.92 Å². The van der Waals surface area contributed by atoms with Crippen LogP contribution in [0.25, 0.3) is 0 Å². The van der Waals surface area contributed by atoms with E-state index in [0.29, 0.717) is 29.3 Å². The molecule has 0 aliphatic carbocycles. The van der Waals surface area contributed by atoms with Crippen molar-refractivity contribution in [1.29, 1.82) is 0 Å². The first kappa shape index (κ1) is 16.7. The molecule has 1 saturated heterocycles. The molecule has 2 aromatic rings. The standard InChI is InChI=1S/C18H21N3O2S/c22-17(14-7-10-24-12-14)21-16-4-2-1-3-15(16)18(23)20-9-6-13-5-8-19-11-13/h1-4,7,10,12-13,19H,5-6,8-9,11H2,(H,20,23)(H,21,22). The molecule has 1 fully saturated rings. The van der Waals surface area contributed by atoms with Gasteiger partial charge >= 0.3 is 0 Å². The van der Waals surface area contributed by atoms with Crippen molar-refractivity contribution in [1.82, 2.24) is 10.6 Å². The first-order valence-corrected chi connectivity index (χ1v) is 9.10. The summed E-state index contributed by atoms with van der Waals surface area (Å²) >= 11 is 1.47. The van der Waals surface area contributed by atoms with Gasteiger partial charge in [-0.3, -0.25) is 9.59 Å². The number of amides is 2. The highest BCUT2D eigenvalue weighted by Gasteiger charge is 2.16. The summed E-state index contributed by atoms with van der Waals surface area (Å²) in [4.78, 5) is 24.6. The van der Waals surface area contributed by atoms with E-state index in [9.17, 15) is 9.59 Å². The van der Waals surface area contributed by atoms with E-state index in [2.05, 4.69) is 16.0 Å². The fourth-order valence-corrected chi connectivity index (χ4v) is 3.46. The molecule has 1 unspecified atom stereocenters. The summed E-state index contributed by atoms with van der Waals surface area (Å²) in [5.74, 6) is 0.287. The van der Waals surface area contributed by atoms with Crippen LogP contribution in [0.1, 0.15) is 33.6 Å². The molecule has 2 amide bonds. The molecule has 0 radical (unpaired) electrons. The lowest BCUT2D eigenvalue weighted by molar-refractivity contribution is 0.0952. The maximum Gasteiger partial charge on any atom is 0.256 e. The largest absolute Gasteiger partial charge is 0.352 e. The van der Waals surface area contributed by atoms with Crippen molar-refractivity contribution in [3.05, 3.63) is 52.2 Å². The molecule has 1 atom stereocenters. The highest BCUT2D eigenvalue weighted by Crippen LogP contribution is 2.17. The zero-order valence-electron chi connectivity index (χ0n) is 13.4. The quantitative estimate of drug-likeness (QED) is 0.755. The maximum atomic E-state index is 12.4. The first-order chi connectivity index (χ1) is 11.7. The van der Waals surface area contributed by atoms with Gasteiger partial charge in [0.05, 0.1) is 16.8 Å². The lowest BCUT2D eigenvalue weighted by Crippen LogP contribution is -2.27. The van der Waals surface area contributed by atoms with Crippen LogP contribution in [0.3, 0.4) is 0 Å². The maximum absolute atomic E-state index is 12.4. The number of nitrogens with one attached hydrogen (secondary N) is 3. The Labute approximate surface area is 145 Å². The van der Waals surface area contributed by atoms with Gasteiger partial charge in [0.15, 0.2) is 0 Å². The normalized spacial score (nSPS) is 16.8. The summed E-state index contributed by atoms with van der Waals surface area (Å²) in [7, 11) is 0. The number of hydrogen-bond donors (Lipinski definition) is 3. The van der Waals surface area contributed by atoms with Gasteiger partial charge in [0, 0.05) is 11.9 Å². The Bertz CT molecular complexity index is 694. The number of para-hydroxylation sites is 1. The minimum absolute atomic E-state index is 0.151. The number of carbonyl (C=O) groups is 2. The van der Waals surface area contributed by atoms with E-state index in [1.165, 1.54) is 17.8 Å². The van der Waals surface area contributed by atoms with Gasteiger partial charge in [-0.1, -0.05) is 12.1 Å². The summed E-state index contributed by atoms with van der Waals surface area (Å²) in [6, 6.07) is 8.86. The van der Waals surface area contributed by atoms with Gasteiger partial charge in [-0.05, 0) is 55.4 Å². The molecule has 3 rings (SSSR count). The molecule has 24 heavy (non-hydrogen) atoms. The van der Waals surface area contributed by atoms with E-state index in [0.717, 1.165) is 19.5 Å². The summed E-state index contributed by atoms with van der Waals surface area (Å²) in [5.41, 5.74) is 1.63. The fourth-order valence-electron chi connectivity index (χ4n) is 2.82. The summed E-state index contributed by atoms with van der Waals surface area (Å²) in [5, 5.41) is 12.7. The second-order valence-electron chi connectivity index (χ2n) is 5.92. The van der Waals surface area contributed by atoms with Crippen LogP contribution < -0.4 is 16.0 Å². The second-order valence-corrected chi connectivity index (χ2v) is 6.70. The molecule has 0 bridgehead atoms. The molecule has 3 N–H and O–H groups in total. The van der Waals surface area contributed by atoms with Crippen LogP contribution in [0.4, 0.5) is 5.69 Å². The predicted octanol–water partition coefficient (Wildman–Crippen LogP) is 2.73. The number of carbonyl (C=O) groups excluding carboxylic acids is 2. The number of rotatable bonds is 6. The molecule has 126 valence electrons. The molecule has 1 aromatic heterocycles. The molecule has 2 heterocycles. The molecule has 1 aromatic carbocycles. The van der Waals surface area contributed by atoms with Crippen molar-refractivity contribution >= 4 is 28.8 Å². The van der Waals surface area contributed by atoms with Crippen molar-refractivity contribution < 1.29 is 9.59 Å². The van der Waals surface area contributed by atoms with E-state index >= 15 is 0 Å². The Morgan fingerprint density at radius 1 is 1.21 bits per heavy atom. The van der Waals surface area contributed by atoms with Gasteiger partial charge < -0.3 is 16.0 Å².